The van der Waals surface area contributed by atoms with E-state index < -0.39 is 74.4 Å². The van der Waals surface area contributed by atoms with E-state index in [2.05, 4.69) is 0 Å². The normalized spacial score (nSPS) is 33.4. The minimum Gasteiger partial charge on any atom is -0.394 e. The summed E-state index contributed by atoms with van der Waals surface area (Å²) in [5, 5.41) is 72.1. The highest BCUT2D eigenvalue weighted by atomic mass is 16.7. The van der Waals surface area contributed by atoms with Crippen LogP contribution in [0.3, 0.4) is 0 Å². The summed E-state index contributed by atoms with van der Waals surface area (Å²) in [6.07, 6.45) is -14.6. The molecule has 0 unspecified atom stereocenters. The molecule has 42 heavy (non-hydrogen) atoms. The molecule has 2 heterocycles. The van der Waals surface area contributed by atoms with Gasteiger partial charge in [-0.3, -0.25) is 9.59 Å². The van der Waals surface area contributed by atoms with Crippen LogP contribution in [0, 0.1) is 0 Å². The van der Waals surface area contributed by atoms with Crippen LogP contribution in [0.1, 0.15) is 59.1 Å². The van der Waals surface area contributed by atoms with Gasteiger partial charge in [-0.15, -0.1) is 0 Å². The zero-order valence-electron chi connectivity index (χ0n) is 23.3. The van der Waals surface area contributed by atoms with Crippen molar-refractivity contribution in [3.8, 4) is 11.1 Å². The molecule has 12 heteroatoms. The summed E-state index contributed by atoms with van der Waals surface area (Å²) >= 11 is 0. The van der Waals surface area contributed by atoms with E-state index in [0.29, 0.717) is 27.8 Å². The molecule has 0 bridgehead atoms. The summed E-state index contributed by atoms with van der Waals surface area (Å²) in [6, 6.07) is 11.7. The van der Waals surface area contributed by atoms with Crippen molar-refractivity contribution in [2.75, 3.05) is 13.2 Å². The Morgan fingerprint density at radius 2 is 1.31 bits per heavy atom. The van der Waals surface area contributed by atoms with E-state index in [1.165, 1.54) is 0 Å². The molecule has 12 nitrogen and oxygen atoms in total. The lowest BCUT2D eigenvalue weighted by Crippen LogP contribution is -2.63. The van der Waals surface area contributed by atoms with Gasteiger partial charge in [-0.1, -0.05) is 32.0 Å². The molecule has 2 saturated heterocycles. The number of aliphatic hydroxyl groups excluding tert-OH is 7. The average molecular weight is 591 g/mol. The molecule has 2 aromatic rings. The summed E-state index contributed by atoms with van der Waals surface area (Å²) in [4.78, 5) is 25.0. The van der Waals surface area contributed by atoms with Crippen molar-refractivity contribution in [1.82, 2.24) is 0 Å². The van der Waals surface area contributed by atoms with E-state index in [1.54, 1.807) is 56.3 Å². The molecule has 0 amide bonds. The van der Waals surface area contributed by atoms with Gasteiger partial charge < -0.3 is 50.0 Å². The Kier molecular flexibility index (Phi) is 10.6. The molecule has 0 saturated carbocycles. The Balaban J connectivity index is 1.67. The molecule has 0 aliphatic carbocycles. The van der Waals surface area contributed by atoms with Gasteiger partial charge in [0.25, 0.3) is 0 Å². The molecule has 10 atom stereocenters. The lowest BCUT2D eigenvalue weighted by atomic mass is 9.89. The minimum absolute atomic E-state index is 0.128. The van der Waals surface area contributed by atoms with Crippen LogP contribution in [-0.4, -0.2) is 116 Å². The highest BCUT2D eigenvalue weighted by Crippen LogP contribution is 2.37. The lowest BCUT2D eigenvalue weighted by Gasteiger charge is -2.46. The molecule has 2 aliphatic rings. The van der Waals surface area contributed by atoms with E-state index in [-0.39, 0.29) is 24.4 Å². The maximum Gasteiger partial charge on any atom is 0.187 e. The van der Waals surface area contributed by atoms with Gasteiger partial charge in [0, 0.05) is 24.0 Å². The fraction of sp³-hybridized carbons (Fsp3) is 0.533. The summed E-state index contributed by atoms with van der Waals surface area (Å²) in [7, 11) is 0. The lowest BCUT2D eigenvalue weighted by molar-refractivity contribution is -0.342. The third-order valence-electron chi connectivity index (χ3n) is 7.77. The van der Waals surface area contributed by atoms with Crippen molar-refractivity contribution in [3.05, 3.63) is 59.2 Å². The van der Waals surface area contributed by atoms with Gasteiger partial charge in [0.2, 0.25) is 0 Å². The van der Waals surface area contributed by atoms with Gasteiger partial charge in [-0.2, -0.15) is 0 Å². The Morgan fingerprint density at radius 1 is 0.714 bits per heavy atom. The number of carbonyl (C=O) groups is 2. The van der Waals surface area contributed by atoms with Gasteiger partial charge in [-0.05, 0) is 41.0 Å². The monoisotopic (exact) mass is 590 g/mol. The molecular weight excluding hydrogens is 552 g/mol. The second kappa shape index (κ2) is 13.8. The fourth-order valence-electron chi connectivity index (χ4n) is 5.28. The fourth-order valence-corrected chi connectivity index (χ4v) is 5.28. The van der Waals surface area contributed by atoms with Crippen LogP contribution in [0.2, 0.25) is 0 Å². The topological polar surface area (TPSA) is 203 Å². The van der Waals surface area contributed by atoms with Crippen LogP contribution < -0.4 is 0 Å². The van der Waals surface area contributed by atoms with Crippen molar-refractivity contribution in [3.63, 3.8) is 0 Å². The third-order valence-corrected chi connectivity index (χ3v) is 7.77. The van der Waals surface area contributed by atoms with Crippen LogP contribution in [0.15, 0.2) is 42.5 Å². The average Bonchev–Trinajstić information content (AvgIpc) is 3.02. The highest BCUT2D eigenvalue weighted by Gasteiger charge is 2.50. The molecule has 2 aromatic carbocycles. The first-order chi connectivity index (χ1) is 20.0. The second-order valence-corrected chi connectivity index (χ2v) is 10.5. The molecule has 0 radical (unpaired) electrons. The molecule has 4 rings (SSSR count). The van der Waals surface area contributed by atoms with Crippen LogP contribution >= 0.6 is 0 Å². The maximum absolute atomic E-state index is 12.5. The maximum atomic E-state index is 12.5. The number of aliphatic hydroxyl groups is 7. The van der Waals surface area contributed by atoms with E-state index in [0.717, 1.165) is 0 Å². The van der Waals surface area contributed by atoms with E-state index in [1.807, 2.05) is 0 Å². The van der Waals surface area contributed by atoms with E-state index in [4.69, 9.17) is 14.2 Å². The Morgan fingerprint density at radius 3 is 1.88 bits per heavy atom. The van der Waals surface area contributed by atoms with Crippen molar-refractivity contribution in [2.45, 2.75) is 87.9 Å². The molecule has 2 aliphatic heterocycles. The predicted octanol–water partition coefficient (Wildman–Crippen LogP) is -0.122. The van der Waals surface area contributed by atoms with E-state index >= 15 is 0 Å². The van der Waals surface area contributed by atoms with Gasteiger partial charge in [0.1, 0.15) is 54.9 Å². The number of benzene rings is 2. The van der Waals surface area contributed by atoms with Gasteiger partial charge in [-0.25, -0.2) is 0 Å². The number of ketones is 2. The van der Waals surface area contributed by atoms with E-state index in [9.17, 15) is 45.3 Å². The van der Waals surface area contributed by atoms with Crippen molar-refractivity contribution in [1.29, 1.82) is 0 Å². The zero-order chi connectivity index (χ0) is 30.7. The first-order valence-corrected chi connectivity index (χ1v) is 13.9. The van der Waals surface area contributed by atoms with Crippen molar-refractivity contribution >= 4 is 11.6 Å². The SMILES string of the molecule is CCC(=O)c1cc(C(=O)CC)cc(-c2cccc([C@H]3O[C@H](CO)[C@@H](O)[C@H](O[C@H]4O[C@H](CO)[C@@H](O)[C@H](O)[C@@H]4O)[C@@H]3O)c2)c1. The highest BCUT2D eigenvalue weighted by molar-refractivity contribution is 6.02. The van der Waals surface area contributed by atoms with Gasteiger partial charge in [0.05, 0.1) is 13.2 Å². The summed E-state index contributed by atoms with van der Waals surface area (Å²) in [5.74, 6) is -0.255. The summed E-state index contributed by atoms with van der Waals surface area (Å²) < 4.78 is 16.9. The number of rotatable bonds is 10. The standard InChI is InChI=1S/C30H38O12/c1-3-19(33)17-9-16(10-18(11-17)20(34)4-2)14-6-5-7-15(8-14)28-27(39)29(24(36)22(13-32)40-28)42-30-26(38)25(37)23(35)21(12-31)41-30/h5-11,21-32,35-39H,3-4,12-13H2,1-2H3/t21-,22-,23-,24-,25+,26+,27-,28-,29+,30-/m1/s1. The Labute approximate surface area is 242 Å². The smallest absolute Gasteiger partial charge is 0.187 e. The van der Waals surface area contributed by atoms with Crippen LogP contribution in [0.5, 0.6) is 0 Å². The summed E-state index contributed by atoms with van der Waals surface area (Å²) in [6.45, 7) is 2.11. The summed E-state index contributed by atoms with van der Waals surface area (Å²) in [5.41, 5.74) is 2.40. The van der Waals surface area contributed by atoms with Crippen molar-refractivity contribution in [2.24, 2.45) is 0 Å². The molecule has 0 aromatic heterocycles. The number of carbonyl (C=O) groups excluding carboxylic acids is 2. The molecular formula is C30H38O12. The Hall–Kier alpha value is -2.62. The Bertz CT molecular complexity index is 1210. The molecule has 7 N–H and O–H groups in total. The predicted molar refractivity (Wildman–Crippen MR) is 146 cm³/mol. The molecule has 0 spiro atoms. The minimum atomic E-state index is -1.78. The largest absolute Gasteiger partial charge is 0.394 e. The first kappa shape index (κ1) is 32.3. The number of Topliss-reactive ketones (excluding diaryl/α,β-unsaturated/α-hetero) is 2. The number of hydrogen-bond donors (Lipinski definition) is 7. The third kappa shape index (κ3) is 6.48. The molecule has 2 fully saturated rings. The zero-order valence-corrected chi connectivity index (χ0v) is 23.3. The first-order valence-electron chi connectivity index (χ1n) is 13.9. The number of hydrogen-bond acceptors (Lipinski definition) is 12. The molecule has 230 valence electrons. The van der Waals surface area contributed by atoms with Crippen LogP contribution in [0.25, 0.3) is 11.1 Å². The number of ether oxygens (including phenoxy) is 3. The van der Waals surface area contributed by atoms with Gasteiger partial charge in [0.15, 0.2) is 17.9 Å². The van der Waals surface area contributed by atoms with Crippen molar-refractivity contribution < 1.29 is 59.5 Å². The van der Waals surface area contributed by atoms with Crippen LogP contribution in [-0.2, 0) is 14.2 Å². The second-order valence-electron chi connectivity index (χ2n) is 10.5. The quantitative estimate of drug-likeness (QED) is 0.181. The van der Waals surface area contributed by atoms with Gasteiger partial charge >= 0.3 is 0 Å². The van der Waals surface area contributed by atoms with Crippen LogP contribution in [0.4, 0.5) is 0 Å².